The van der Waals surface area contributed by atoms with Gasteiger partial charge in [0.2, 0.25) is 5.91 Å². The molecule has 6 heterocycles. The van der Waals surface area contributed by atoms with Gasteiger partial charge in [0, 0.05) is 83.8 Å². The first-order valence-corrected chi connectivity index (χ1v) is 17.6. The number of carbonyl (C=O) groups excluding carboxylic acids is 1. The lowest BCUT2D eigenvalue weighted by Crippen LogP contribution is -2.59. The van der Waals surface area contributed by atoms with E-state index in [4.69, 9.17) is 24.5 Å². The minimum absolute atomic E-state index is 0.0453. The van der Waals surface area contributed by atoms with Crippen LogP contribution in [-0.2, 0) is 16.0 Å². The van der Waals surface area contributed by atoms with Crippen LogP contribution in [0.25, 0.3) is 32.5 Å². The molecule has 254 valence electrons. The van der Waals surface area contributed by atoms with Gasteiger partial charge in [-0.2, -0.15) is 5.10 Å². The lowest BCUT2D eigenvalue weighted by Gasteiger charge is -2.44. The number of rotatable bonds is 8. The van der Waals surface area contributed by atoms with E-state index < -0.39 is 11.6 Å². The molecular weight excluding hydrogens is 647 g/mol. The summed E-state index contributed by atoms with van der Waals surface area (Å²) in [5, 5.41) is 10.1. The molecule has 2 fully saturated rings. The van der Waals surface area contributed by atoms with Crippen molar-refractivity contribution in [2.24, 2.45) is 11.0 Å². The smallest absolute Gasteiger partial charge is 0.246 e. The highest BCUT2D eigenvalue weighted by molar-refractivity contribution is 7.18. The first-order chi connectivity index (χ1) is 23.7. The van der Waals surface area contributed by atoms with E-state index in [-0.39, 0.29) is 54.0 Å². The second-order valence-electron chi connectivity index (χ2n) is 13.4. The van der Waals surface area contributed by atoms with Gasteiger partial charge in [-0.3, -0.25) is 19.7 Å². The molecule has 0 N–H and O–H groups in total. The first-order valence-electron chi connectivity index (χ1n) is 16.7. The molecule has 4 atom stereocenters. The fourth-order valence-corrected chi connectivity index (χ4v) is 9.09. The van der Waals surface area contributed by atoms with Crippen molar-refractivity contribution in [1.82, 2.24) is 24.8 Å². The lowest BCUT2D eigenvalue weighted by atomic mass is 9.92. The Labute approximate surface area is 287 Å². The highest BCUT2D eigenvalue weighted by Crippen LogP contribution is 2.60. The van der Waals surface area contributed by atoms with Crippen LogP contribution in [0.4, 0.5) is 8.78 Å². The van der Waals surface area contributed by atoms with Gasteiger partial charge in [-0.15, -0.1) is 11.3 Å². The number of ether oxygens (including phenoxy) is 2. The fourth-order valence-electron chi connectivity index (χ4n) is 8.14. The molecule has 49 heavy (non-hydrogen) atoms. The number of fused-ring (bicyclic) bond motifs is 2. The Morgan fingerprint density at radius 1 is 1.14 bits per heavy atom. The van der Waals surface area contributed by atoms with Crippen molar-refractivity contribution in [2.45, 2.75) is 44.3 Å². The summed E-state index contributed by atoms with van der Waals surface area (Å²) >= 11 is 1.47. The number of pyridine rings is 2. The minimum Gasteiger partial charge on any atom is -0.490 e. The monoisotopic (exact) mass is 684 g/mol. The van der Waals surface area contributed by atoms with Gasteiger partial charge in [-0.25, -0.2) is 13.8 Å². The van der Waals surface area contributed by atoms with Gasteiger partial charge in [0.05, 0.1) is 47.4 Å². The number of hydrazone groups is 1. The molecule has 1 amide bonds. The van der Waals surface area contributed by atoms with Crippen molar-refractivity contribution in [3.8, 4) is 28.1 Å². The van der Waals surface area contributed by atoms with Gasteiger partial charge in [0.1, 0.15) is 24.0 Å². The van der Waals surface area contributed by atoms with Gasteiger partial charge in [0.25, 0.3) is 0 Å². The molecule has 4 aliphatic rings. The number of methoxy groups -OCH3 is 1. The zero-order chi connectivity index (χ0) is 34.2. The van der Waals surface area contributed by atoms with Gasteiger partial charge in [0.15, 0.2) is 0 Å². The topological polar surface area (TPSA) is 83.4 Å². The molecule has 0 bridgehead atoms. The molecule has 1 spiro atoms. The second-order valence-corrected chi connectivity index (χ2v) is 14.3. The van der Waals surface area contributed by atoms with Crippen molar-refractivity contribution in [3.63, 3.8) is 0 Å². The molecule has 12 heteroatoms. The fraction of sp³-hybridized carbons (Fsp3) is 0.405. The Morgan fingerprint density at radius 2 is 1.98 bits per heavy atom. The van der Waals surface area contributed by atoms with Gasteiger partial charge >= 0.3 is 0 Å². The standard InChI is InChI=1S/C37H38F2N6O3S/c1-6-30(46)44-10-11-45-37(21(44)3)18-26(37)34(42-45)35-32(31-27(39)16-23(38)17-29(31)48-13-12-47-5)36-24(8-14-49-36)33(41-35)22-15-25-20(2)43(4)9-7-28(25)40-19-22/h6,8,14-17,19-21,26H,1,7,9-13,18H2,2-5H3/t20-,21-,26?,37?/m1/s1. The maximum atomic E-state index is 16.2. The third kappa shape index (κ3) is 4.90. The van der Waals surface area contributed by atoms with E-state index in [0.29, 0.717) is 24.3 Å². The Hall–Kier alpha value is -4.26. The summed E-state index contributed by atoms with van der Waals surface area (Å²) < 4.78 is 43.0. The molecule has 3 aliphatic heterocycles. The number of thiophene rings is 1. The van der Waals surface area contributed by atoms with Crippen molar-refractivity contribution in [2.75, 3.05) is 47.0 Å². The number of likely N-dealkylation sites (N-methyl/N-ethyl adjacent to an activating group) is 1. The number of benzene rings is 1. The number of nitrogens with zero attached hydrogens (tertiary/aromatic N) is 6. The van der Waals surface area contributed by atoms with Crippen LogP contribution >= 0.6 is 11.3 Å². The Balaban J connectivity index is 1.35. The van der Waals surface area contributed by atoms with E-state index >= 15 is 4.39 Å². The Morgan fingerprint density at radius 3 is 2.78 bits per heavy atom. The number of amides is 1. The zero-order valence-electron chi connectivity index (χ0n) is 28.0. The summed E-state index contributed by atoms with van der Waals surface area (Å²) in [6.07, 6.45) is 4.90. The number of carbonyl (C=O) groups is 1. The largest absolute Gasteiger partial charge is 0.490 e. The van der Waals surface area contributed by atoms with E-state index in [1.165, 1.54) is 23.5 Å². The Bertz CT molecular complexity index is 2050. The highest BCUT2D eigenvalue weighted by atomic mass is 32.1. The zero-order valence-corrected chi connectivity index (χ0v) is 28.8. The summed E-state index contributed by atoms with van der Waals surface area (Å²) in [7, 11) is 3.67. The highest BCUT2D eigenvalue weighted by Gasteiger charge is 2.70. The number of halogens is 2. The normalized spacial score (nSPS) is 24.4. The molecule has 8 rings (SSSR count). The third-order valence-corrected chi connectivity index (χ3v) is 11.9. The molecule has 1 saturated carbocycles. The molecule has 3 aromatic heterocycles. The van der Waals surface area contributed by atoms with Crippen LogP contribution in [0.1, 0.15) is 43.3 Å². The minimum atomic E-state index is -0.747. The average Bonchev–Trinajstić information content (AvgIpc) is 3.45. The van der Waals surface area contributed by atoms with E-state index in [9.17, 15) is 9.18 Å². The van der Waals surface area contributed by atoms with Crippen molar-refractivity contribution in [3.05, 3.63) is 77.1 Å². The molecule has 9 nitrogen and oxygen atoms in total. The molecular formula is C37H38F2N6O3S. The van der Waals surface area contributed by atoms with E-state index in [2.05, 4.69) is 43.4 Å². The predicted octanol–water partition coefficient (Wildman–Crippen LogP) is 6.07. The Kier molecular flexibility index (Phi) is 7.80. The van der Waals surface area contributed by atoms with E-state index in [0.717, 1.165) is 63.8 Å². The van der Waals surface area contributed by atoms with Crippen LogP contribution < -0.4 is 4.74 Å². The van der Waals surface area contributed by atoms with E-state index in [1.54, 1.807) is 7.11 Å². The van der Waals surface area contributed by atoms with Crippen LogP contribution in [0.5, 0.6) is 5.75 Å². The molecule has 2 unspecified atom stereocenters. The number of hydrogen-bond acceptors (Lipinski definition) is 9. The molecule has 0 radical (unpaired) electrons. The van der Waals surface area contributed by atoms with Gasteiger partial charge in [-0.1, -0.05) is 6.58 Å². The average molecular weight is 685 g/mol. The first kappa shape index (κ1) is 32.0. The van der Waals surface area contributed by atoms with Gasteiger partial charge in [-0.05, 0) is 56.5 Å². The number of piperazine rings is 1. The van der Waals surface area contributed by atoms with Crippen LogP contribution in [0.3, 0.4) is 0 Å². The molecule has 1 saturated heterocycles. The van der Waals surface area contributed by atoms with Crippen LogP contribution in [0.15, 0.2) is 53.6 Å². The molecule has 4 aromatic rings. The third-order valence-electron chi connectivity index (χ3n) is 11.0. The van der Waals surface area contributed by atoms with Crippen LogP contribution in [0.2, 0.25) is 0 Å². The lowest BCUT2D eigenvalue weighted by molar-refractivity contribution is -0.133. The summed E-state index contributed by atoms with van der Waals surface area (Å²) in [4.78, 5) is 27.3. The maximum absolute atomic E-state index is 16.2. The number of aromatic nitrogens is 2. The second kappa shape index (κ2) is 12.0. The quantitative estimate of drug-likeness (QED) is 0.165. The van der Waals surface area contributed by atoms with Crippen molar-refractivity contribution in [1.29, 1.82) is 0 Å². The molecule has 1 aliphatic carbocycles. The summed E-state index contributed by atoms with van der Waals surface area (Å²) in [6.45, 7) is 10.3. The van der Waals surface area contributed by atoms with Crippen molar-refractivity contribution >= 4 is 33.0 Å². The molecule has 1 aromatic carbocycles. The summed E-state index contributed by atoms with van der Waals surface area (Å²) in [5.41, 5.74) is 5.38. The van der Waals surface area contributed by atoms with Crippen LogP contribution in [0, 0.1) is 17.6 Å². The van der Waals surface area contributed by atoms with Gasteiger partial charge < -0.3 is 14.4 Å². The SMILES string of the molecule is C=CC(=O)N1CCN2N=C(c3nc(-c4cnc5c(c4)[C@@H](C)N(C)CC5)c4ccsc4c3-c3c(F)cc(F)cc3OCCOC)C3CC32[C@H]1C. The van der Waals surface area contributed by atoms with Crippen molar-refractivity contribution < 1.29 is 23.0 Å². The van der Waals surface area contributed by atoms with E-state index in [1.807, 2.05) is 22.5 Å². The predicted molar refractivity (Wildman–Crippen MR) is 186 cm³/mol. The summed E-state index contributed by atoms with van der Waals surface area (Å²) in [6, 6.07) is 6.36. The summed E-state index contributed by atoms with van der Waals surface area (Å²) in [5.74, 6) is -1.56. The number of hydrogen-bond donors (Lipinski definition) is 0. The maximum Gasteiger partial charge on any atom is 0.246 e. The van der Waals surface area contributed by atoms with Crippen LogP contribution in [-0.4, -0.2) is 95.0 Å².